The molecule has 63 heavy (non-hydrogen) atoms. The van der Waals surface area contributed by atoms with Crippen molar-refractivity contribution in [1.29, 1.82) is 0 Å². The second kappa shape index (κ2) is 22.0. The average molecular weight is 861 g/mol. The van der Waals surface area contributed by atoms with Gasteiger partial charge in [-0.1, -0.05) is 114 Å². The van der Waals surface area contributed by atoms with Crippen molar-refractivity contribution in [3.8, 4) is 0 Å². The number of allylic oxidation sites excluding steroid dienone is 9. The Morgan fingerprint density at radius 2 is 1.89 bits per heavy atom. The summed E-state index contributed by atoms with van der Waals surface area (Å²) in [7, 11) is 3.64. The van der Waals surface area contributed by atoms with E-state index in [0.717, 1.165) is 60.8 Å². The molecule has 4 bridgehead atoms. The maximum Gasteiger partial charge on any atom is 0.145 e. The second-order valence-electron chi connectivity index (χ2n) is 19.6. The summed E-state index contributed by atoms with van der Waals surface area (Å²) >= 11 is 0. The molecule has 0 saturated heterocycles. The highest BCUT2D eigenvalue weighted by molar-refractivity contribution is 5.74. The number of fused-ring (bicyclic) bond motifs is 5. The Morgan fingerprint density at radius 3 is 2.62 bits per heavy atom. The molecule has 0 amide bonds. The fourth-order valence-electron chi connectivity index (χ4n) is 11.9. The minimum absolute atomic E-state index is 0.0425. The van der Waals surface area contributed by atoms with E-state index in [1.54, 1.807) is 7.11 Å². The van der Waals surface area contributed by atoms with Crippen LogP contribution in [0.1, 0.15) is 88.8 Å². The zero-order chi connectivity index (χ0) is 45.2. The Morgan fingerprint density at radius 1 is 1.11 bits per heavy atom. The molecular weight excluding hydrogens is 785 g/mol. The van der Waals surface area contributed by atoms with E-state index < -0.39 is 29.1 Å². The number of aldehydes is 1. The largest absolute Gasteiger partial charge is 0.396 e. The number of ether oxygens (including phenoxy) is 1. The van der Waals surface area contributed by atoms with Crippen molar-refractivity contribution in [2.45, 2.75) is 115 Å². The number of nitrogens with one attached hydrogen (secondary N) is 2. The Labute approximate surface area is 378 Å². The quantitative estimate of drug-likeness (QED) is 0.0409. The maximum absolute atomic E-state index is 13.1. The van der Waals surface area contributed by atoms with Gasteiger partial charge >= 0.3 is 0 Å². The summed E-state index contributed by atoms with van der Waals surface area (Å²) in [6.45, 7) is 13.0. The summed E-state index contributed by atoms with van der Waals surface area (Å²) in [4.78, 5) is 12.5. The zero-order valence-electron chi connectivity index (χ0n) is 38.7. The van der Waals surface area contributed by atoms with Gasteiger partial charge in [-0.2, -0.15) is 0 Å². The molecule has 0 radical (unpaired) electrons. The molecule has 4 aliphatic rings. The summed E-state index contributed by atoms with van der Waals surface area (Å²) in [6, 6.07) is 19.1. The van der Waals surface area contributed by atoms with Gasteiger partial charge in [0, 0.05) is 49.7 Å². The van der Waals surface area contributed by atoms with Crippen molar-refractivity contribution in [1.82, 2.24) is 10.6 Å². The smallest absolute Gasteiger partial charge is 0.145 e. The molecule has 1 heterocycles. The van der Waals surface area contributed by atoms with Gasteiger partial charge in [0.15, 0.2) is 0 Å². The number of aryl methyl sites for hydroxylation is 1. The highest BCUT2D eigenvalue weighted by Gasteiger charge is 2.68. The number of rotatable bonds is 17. The molecule has 10 unspecified atom stereocenters. The lowest BCUT2D eigenvalue weighted by Crippen LogP contribution is -2.65. The normalized spacial score (nSPS) is 32.5. The molecule has 0 aromatic heterocycles. The van der Waals surface area contributed by atoms with Crippen LogP contribution in [-0.2, 0) is 28.8 Å². The van der Waals surface area contributed by atoms with Crippen LogP contribution in [0.5, 0.6) is 0 Å². The van der Waals surface area contributed by atoms with Gasteiger partial charge in [-0.05, 0) is 151 Å². The highest BCUT2D eigenvalue weighted by Crippen LogP contribution is 2.67. The predicted molar refractivity (Wildman–Crippen MR) is 255 cm³/mol. The second-order valence-corrected chi connectivity index (χ2v) is 19.6. The summed E-state index contributed by atoms with van der Waals surface area (Å²) in [6.07, 6.45) is 18.8. The first-order valence-corrected chi connectivity index (χ1v) is 23.6. The number of methoxy groups -OCH3 is 1. The highest BCUT2D eigenvalue weighted by atomic mass is 16.5. The summed E-state index contributed by atoms with van der Waals surface area (Å²) in [5, 5.41) is 55.9. The van der Waals surface area contributed by atoms with Gasteiger partial charge in [0.05, 0.1) is 17.8 Å². The van der Waals surface area contributed by atoms with Crippen LogP contribution in [0, 0.1) is 35.0 Å². The lowest BCUT2D eigenvalue weighted by atomic mass is 9.45. The summed E-state index contributed by atoms with van der Waals surface area (Å²) in [5.41, 5.74) is 6.00. The van der Waals surface area contributed by atoms with Gasteiger partial charge in [0.25, 0.3) is 0 Å². The van der Waals surface area contributed by atoms with Crippen LogP contribution >= 0.6 is 0 Å². The van der Waals surface area contributed by atoms with Crippen LogP contribution in [0.2, 0.25) is 0 Å². The number of carbonyl (C=O) groups excluding carboxylic acids is 1. The van der Waals surface area contributed by atoms with E-state index in [1.807, 2.05) is 44.3 Å². The topological polar surface area (TPSA) is 131 Å². The van der Waals surface area contributed by atoms with Crippen LogP contribution in [0.4, 0.5) is 0 Å². The van der Waals surface area contributed by atoms with E-state index in [1.165, 1.54) is 16.7 Å². The number of aliphatic hydroxyl groups is 4. The van der Waals surface area contributed by atoms with Gasteiger partial charge in [0.2, 0.25) is 0 Å². The Kier molecular flexibility index (Phi) is 17.0. The molecule has 6 rings (SSSR count). The third-order valence-electron chi connectivity index (χ3n) is 15.3. The number of hydrogen-bond donors (Lipinski definition) is 6. The molecule has 8 heteroatoms. The lowest BCUT2D eigenvalue weighted by molar-refractivity contribution is -0.194. The van der Waals surface area contributed by atoms with Crippen LogP contribution in [0.3, 0.4) is 0 Å². The first-order chi connectivity index (χ1) is 30.3. The monoisotopic (exact) mass is 861 g/mol. The first-order valence-electron chi connectivity index (χ1n) is 23.6. The van der Waals surface area contributed by atoms with E-state index in [2.05, 4.69) is 91.8 Å². The third kappa shape index (κ3) is 11.0. The molecule has 2 aromatic rings. The van der Waals surface area contributed by atoms with Crippen molar-refractivity contribution < 1.29 is 30.0 Å². The van der Waals surface area contributed by atoms with Crippen LogP contribution in [0.15, 0.2) is 125 Å². The number of carbonyl (C=O) groups is 1. The molecular formula is C55H76N2O6. The Bertz CT molecular complexity index is 2020. The molecule has 1 aliphatic heterocycles. The summed E-state index contributed by atoms with van der Waals surface area (Å²) in [5.74, 6) is -0.934. The molecule has 10 atom stereocenters. The molecule has 1 spiro atoms. The molecule has 8 nitrogen and oxygen atoms in total. The molecule has 342 valence electrons. The standard InChI is InChI=1S/C55H76N2O6/c1-38-18-20-45(33-42-15-11-16-43(32-42)34-53(4,57-36-38)28-31-63-6)39(2)12-10-17-47(49(60)23-19-41-13-8-7-9-14-41)48-24-26-55(52(48)61)51-44(25-30-58)21-22-46(50(51)40(3)37-59)35-54(55,62)27-29-56-5/h7-18,21-22,32,37,44-46,48-49,51-52,56-58,60-62H,2,19-20,23-31,33-36H2,1,3-6H3. The lowest BCUT2D eigenvalue weighted by Gasteiger charge is -2.61. The molecule has 2 saturated carbocycles. The van der Waals surface area contributed by atoms with Gasteiger partial charge in [-0.3, -0.25) is 4.79 Å². The SMILES string of the molecule is C=C(C=CC=C(C(O)CCc1ccccc1)C1CCC2(C1O)C1C(=C(C)C=O)C(C=CC1CCO)CC2(O)CCNC)C1CC=C(C)CNC(C)(CCOC)Cc2cccc(c2)C1. The number of benzene rings is 2. The Hall–Kier alpha value is -3.73. The van der Waals surface area contributed by atoms with E-state index in [-0.39, 0.29) is 35.8 Å². The fourth-order valence-corrected chi connectivity index (χ4v) is 11.9. The number of aliphatic hydroxyl groups excluding tert-OH is 3. The van der Waals surface area contributed by atoms with Gasteiger partial charge in [-0.15, -0.1) is 0 Å². The van der Waals surface area contributed by atoms with Crippen LogP contribution < -0.4 is 10.6 Å². The van der Waals surface area contributed by atoms with E-state index in [4.69, 9.17) is 4.74 Å². The van der Waals surface area contributed by atoms with Crippen molar-refractivity contribution in [3.05, 3.63) is 142 Å². The summed E-state index contributed by atoms with van der Waals surface area (Å²) < 4.78 is 5.48. The first kappa shape index (κ1) is 48.7. The average Bonchev–Trinajstić information content (AvgIpc) is 3.62. The van der Waals surface area contributed by atoms with Crippen LogP contribution in [0.25, 0.3) is 0 Å². The predicted octanol–water partition coefficient (Wildman–Crippen LogP) is 7.97. The Balaban J connectivity index is 1.35. The van der Waals surface area contributed by atoms with Crippen molar-refractivity contribution in [2.75, 3.05) is 40.5 Å². The fraction of sp³-hybridized carbons (Fsp3) is 0.545. The van der Waals surface area contributed by atoms with Gasteiger partial charge < -0.3 is 35.8 Å². The van der Waals surface area contributed by atoms with E-state index in [0.29, 0.717) is 63.7 Å². The maximum atomic E-state index is 13.1. The molecule has 2 fully saturated rings. The van der Waals surface area contributed by atoms with Crippen molar-refractivity contribution >= 4 is 6.29 Å². The minimum atomic E-state index is -1.26. The van der Waals surface area contributed by atoms with Crippen molar-refractivity contribution in [3.63, 3.8) is 0 Å². The van der Waals surface area contributed by atoms with Crippen molar-refractivity contribution in [2.24, 2.45) is 35.0 Å². The zero-order valence-corrected chi connectivity index (χ0v) is 38.7. The van der Waals surface area contributed by atoms with Crippen LogP contribution in [-0.4, -0.2) is 90.5 Å². The van der Waals surface area contributed by atoms with E-state index >= 15 is 0 Å². The minimum Gasteiger partial charge on any atom is -0.396 e. The van der Waals surface area contributed by atoms with Gasteiger partial charge in [0.1, 0.15) is 6.29 Å². The third-order valence-corrected chi connectivity index (χ3v) is 15.3. The number of hydrogen-bond acceptors (Lipinski definition) is 8. The molecule has 6 N–H and O–H groups in total. The van der Waals surface area contributed by atoms with E-state index in [9.17, 15) is 25.2 Å². The molecule has 3 aliphatic carbocycles. The van der Waals surface area contributed by atoms with Gasteiger partial charge in [-0.25, -0.2) is 0 Å². The molecule has 2 aromatic carbocycles.